The molecule has 4 aromatic carbocycles. The lowest BCUT2D eigenvalue weighted by atomic mass is 10.0. The summed E-state index contributed by atoms with van der Waals surface area (Å²) in [6.45, 7) is 4.16. The number of hydrogen-bond donors (Lipinski definition) is 0. The quantitative estimate of drug-likeness (QED) is 0.319. The number of rotatable bonds is 1. The molecule has 0 nitrogen and oxygen atoms in total. The van der Waals surface area contributed by atoms with Gasteiger partial charge in [-0.1, -0.05) is 83.3 Å². The van der Waals surface area contributed by atoms with Crippen LogP contribution in [-0.2, 0) is 0 Å². The molecular weight excluding hydrogens is 360 g/mol. The van der Waals surface area contributed by atoms with Gasteiger partial charge in [0, 0.05) is 22.3 Å². The van der Waals surface area contributed by atoms with Crippen LogP contribution in [0.25, 0.3) is 11.1 Å². The van der Waals surface area contributed by atoms with Crippen LogP contribution in [0.3, 0.4) is 0 Å². The summed E-state index contributed by atoms with van der Waals surface area (Å²) in [4.78, 5) is 0. The molecule has 0 aliphatic rings. The van der Waals surface area contributed by atoms with Crippen LogP contribution >= 0.6 is 0 Å². The van der Waals surface area contributed by atoms with E-state index < -0.39 is 0 Å². The van der Waals surface area contributed by atoms with Crippen molar-refractivity contribution in [3.8, 4) is 34.8 Å². The molecule has 0 aromatic heterocycles. The lowest BCUT2D eigenvalue weighted by molar-refractivity contribution is 1.46. The Bertz CT molecular complexity index is 1140. The monoisotopic (exact) mass is 382 g/mol. The minimum atomic E-state index is 1.01. The largest absolute Gasteiger partial charge is 0.0617 e. The molecule has 0 bridgehead atoms. The fraction of sp³-hybridized carbons (Fsp3) is 0.0667. The molecule has 4 aromatic rings. The normalized spacial score (nSPS) is 9.80. The smallest absolute Gasteiger partial charge is 0.0249 e. The SMILES string of the molecule is Cc1ccc(C#Cc2ccc(-c3ccc(C#Cc4ccc(C)cc4)cc3)cc2)cc1. The maximum Gasteiger partial charge on any atom is 0.0249 e. The highest BCUT2D eigenvalue weighted by Gasteiger charge is 1.98. The van der Waals surface area contributed by atoms with E-state index in [0.717, 1.165) is 22.3 Å². The minimum absolute atomic E-state index is 1.01. The van der Waals surface area contributed by atoms with Crippen LogP contribution in [0, 0.1) is 37.5 Å². The average Bonchev–Trinajstić information content (AvgIpc) is 2.79. The van der Waals surface area contributed by atoms with Crippen LogP contribution in [0.1, 0.15) is 33.4 Å². The van der Waals surface area contributed by atoms with E-state index in [1.807, 2.05) is 0 Å². The predicted octanol–water partition coefficient (Wildman–Crippen LogP) is 6.77. The Morgan fingerprint density at radius 2 is 0.567 bits per heavy atom. The van der Waals surface area contributed by atoms with Gasteiger partial charge in [-0.05, 0) is 73.5 Å². The molecule has 0 radical (unpaired) electrons. The van der Waals surface area contributed by atoms with E-state index in [1.165, 1.54) is 22.3 Å². The predicted molar refractivity (Wildman–Crippen MR) is 126 cm³/mol. The van der Waals surface area contributed by atoms with Gasteiger partial charge in [0.1, 0.15) is 0 Å². The first-order chi connectivity index (χ1) is 14.7. The Labute approximate surface area is 179 Å². The zero-order valence-corrected chi connectivity index (χ0v) is 17.2. The number of benzene rings is 4. The zero-order valence-electron chi connectivity index (χ0n) is 17.2. The van der Waals surface area contributed by atoms with E-state index in [-0.39, 0.29) is 0 Å². The van der Waals surface area contributed by atoms with Crippen molar-refractivity contribution >= 4 is 0 Å². The fourth-order valence-electron chi connectivity index (χ4n) is 3.05. The molecule has 0 atom stereocenters. The molecule has 0 saturated heterocycles. The maximum atomic E-state index is 3.24. The molecule has 0 heteroatoms. The number of hydrogen-bond acceptors (Lipinski definition) is 0. The van der Waals surface area contributed by atoms with Crippen LogP contribution < -0.4 is 0 Å². The second-order valence-electron chi connectivity index (χ2n) is 7.39. The first-order valence-corrected chi connectivity index (χ1v) is 10.0. The van der Waals surface area contributed by atoms with Crippen LogP contribution in [0.2, 0.25) is 0 Å². The molecule has 0 spiro atoms. The van der Waals surface area contributed by atoms with Crippen molar-refractivity contribution < 1.29 is 0 Å². The fourth-order valence-corrected chi connectivity index (χ4v) is 3.05. The van der Waals surface area contributed by atoms with E-state index >= 15 is 0 Å². The van der Waals surface area contributed by atoms with Crippen molar-refractivity contribution in [3.63, 3.8) is 0 Å². The Balaban J connectivity index is 1.46. The van der Waals surface area contributed by atoms with E-state index in [0.29, 0.717) is 0 Å². The highest BCUT2D eigenvalue weighted by molar-refractivity contribution is 5.65. The molecule has 142 valence electrons. The summed E-state index contributed by atoms with van der Waals surface area (Å²) < 4.78 is 0. The van der Waals surface area contributed by atoms with Crippen LogP contribution in [0.5, 0.6) is 0 Å². The molecular formula is C30H22. The van der Waals surface area contributed by atoms with Crippen molar-refractivity contribution in [2.75, 3.05) is 0 Å². The second-order valence-corrected chi connectivity index (χ2v) is 7.39. The summed E-state index contributed by atoms with van der Waals surface area (Å²) in [7, 11) is 0. The molecule has 0 aliphatic heterocycles. The Hall–Kier alpha value is -4.00. The highest BCUT2D eigenvalue weighted by Crippen LogP contribution is 2.20. The van der Waals surface area contributed by atoms with Gasteiger partial charge in [0.15, 0.2) is 0 Å². The molecule has 0 saturated carbocycles. The Morgan fingerprint density at radius 1 is 0.333 bits per heavy atom. The third-order valence-electron chi connectivity index (χ3n) is 4.91. The molecule has 0 aliphatic carbocycles. The van der Waals surface area contributed by atoms with Crippen LogP contribution in [0.4, 0.5) is 0 Å². The van der Waals surface area contributed by atoms with Crippen molar-refractivity contribution in [1.82, 2.24) is 0 Å². The summed E-state index contributed by atoms with van der Waals surface area (Å²) in [5, 5.41) is 0. The minimum Gasteiger partial charge on any atom is -0.0617 e. The third-order valence-corrected chi connectivity index (χ3v) is 4.91. The van der Waals surface area contributed by atoms with E-state index in [2.05, 4.69) is 135 Å². The maximum absolute atomic E-state index is 3.24. The summed E-state index contributed by atoms with van der Waals surface area (Å²) >= 11 is 0. The lowest BCUT2D eigenvalue weighted by Gasteiger charge is -2.02. The molecule has 0 fully saturated rings. The average molecular weight is 383 g/mol. The molecule has 0 amide bonds. The molecule has 30 heavy (non-hydrogen) atoms. The second kappa shape index (κ2) is 9.00. The van der Waals surface area contributed by atoms with E-state index in [1.54, 1.807) is 0 Å². The van der Waals surface area contributed by atoms with Crippen molar-refractivity contribution in [3.05, 3.63) is 130 Å². The third kappa shape index (κ3) is 5.08. The summed E-state index contributed by atoms with van der Waals surface area (Å²) in [6, 6.07) is 33.3. The molecule has 0 unspecified atom stereocenters. The molecule has 4 rings (SSSR count). The van der Waals surface area contributed by atoms with Crippen LogP contribution in [0.15, 0.2) is 97.1 Å². The Kier molecular flexibility index (Phi) is 5.80. The Morgan fingerprint density at radius 3 is 0.833 bits per heavy atom. The molecule has 0 N–H and O–H groups in total. The van der Waals surface area contributed by atoms with Gasteiger partial charge < -0.3 is 0 Å². The topological polar surface area (TPSA) is 0 Å². The van der Waals surface area contributed by atoms with E-state index in [9.17, 15) is 0 Å². The van der Waals surface area contributed by atoms with Crippen molar-refractivity contribution in [2.45, 2.75) is 13.8 Å². The van der Waals surface area contributed by atoms with E-state index in [4.69, 9.17) is 0 Å². The first-order valence-electron chi connectivity index (χ1n) is 10.0. The van der Waals surface area contributed by atoms with Gasteiger partial charge in [-0.3, -0.25) is 0 Å². The summed E-state index contributed by atoms with van der Waals surface area (Å²) in [5.74, 6) is 12.9. The summed E-state index contributed by atoms with van der Waals surface area (Å²) in [6.07, 6.45) is 0. The molecule has 0 heterocycles. The van der Waals surface area contributed by atoms with Crippen molar-refractivity contribution in [2.24, 2.45) is 0 Å². The van der Waals surface area contributed by atoms with Crippen molar-refractivity contribution in [1.29, 1.82) is 0 Å². The van der Waals surface area contributed by atoms with Gasteiger partial charge in [-0.2, -0.15) is 0 Å². The van der Waals surface area contributed by atoms with Gasteiger partial charge in [0.2, 0.25) is 0 Å². The first kappa shape index (κ1) is 19.3. The number of aryl methyl sites for hydroxylation is 2. The van der Waals surface area contributed by atoms with Gasteiger partial charge in [0.25, 0.3) is 0 Å². The standard InChI is InChI=1S/C30H22/c1-23-3-7-25(8-4-23)11-13-27-15-19-29(20-16-27)30-21-17-28(18-22-30)14-12-26-9-5-24(2)6-10-26/h3-10,15-22H,1-2H3. The summed E-state index contributed by atoms with van der Waals surface area (Å²) in [5.41, 5.74) is 8.94. The van der Waals surface area contributed by atoms with Gasteiger partial charge in [-0.15, -0.1) is 0 Å². The van der Waals surface area contributed by atoms with Crippen LogP contribution in [-0.4, -0.2) is 0 Å². The zero-order chi connectivity index (χ0) is 20.8. The van der Waals surface area contributed by atoms with Gasteiger partial charge in [-0.25, -0.2) is 0 Å². The van der Waals surface area contributed by atoms with Gasteiger partial charge in [0.05, 0.1) is 0 Å². The lowest BCUT2D eigenvalue weighted by Crippen LogP contribution is -1.82. The van der Waals surface area contributed by atoms with Gasteiger partial charge >= 0.3 is 0 Å². The highest BCUT2D eigenvalue weighted by atomic mass is 14.0.